The molecule has 15 heavy (non-hydrogen) atoms. The molecule has 0 bridgehead atoms. The maximum atomic E-state index is 5.70. The number of ether oxygens (including phenoxy) is 2. The van der Waals surface area contributed by atoms with E-state index < -0.39 is 0 Å². The number of anilines is 1. The SMILES string of the molecule is CCCOCCOc1ncc(Br)cc1N. The Balaban J connectivity index is 2.31. The second-order valence-electron chi connectivity index (χ2n) is 3.01. The van der Waals surface area contributed by atoms with Crippen molar-refractivity contribution >= 4 is 21.6 Å². The molecule has 84 valence electrons. The van der Waals surface area contributed by atoms with Crippen LogP contribution in [0.5, 0.6) is 5.88 Å². The molecule has 0 aromatic carbocycles. The van der Waals surface area contributed by atoms with E-state index in [1.54, 1.807) is 12.3 Å². The van der Waals surface area contributed by atoms with Gasteiger partial charge in [-0.15, -0.1) is 0 Å². The molecular weight excluding hydrogens is 260 g/mol. The first kappa shape index (κ1) is 12.3. The molecule has 0 aliphatic rings. The average molecular weight is 275 g/mol. The number of nitrogens with zero attached hydrogens (tertiary/aromatic N) is 1. The number of nitrogen functional groups attached to an aromatic ring is 1. The Labute approximate surface area is 97.9 Å². The highest BCUT2D eigenvalue weighted by atomic mass is 79.9. The molecule has 0 aliphatic heterocycles. The minimum absolute atomic E-state index is 0.457. The Morgan fingerprint density at radius 1 is 1.40 bits per heavy atom. The molecule has 0 unspecified atom stereocenters. The predicted octanol–water partition coefficient (Wildman–Crippen LogP) is 2.23. The Hall–Kier alpha value is -0.810. The molecular formula is C10H15BrN2O2. The van der Waals surface area contributed by atoms with Gasteiger partial charge in [-0.05, 0) is 28.4 Å². The van der Waals surface area contributed by atoms with E-state index in [1.807, 2.05) is 0 Å². The summed E-state index contributed by atoms with van der Waals surface area (Å²) in [4.78, 5) is 4.05. The largest absolute Gasteiger partial charge is 0.474 e. The third-order valence-electron chi connectivity index (χ3n) is 1.66. The summed E-state index contributed by atoms with van der Waals surface area (Å²) in [7, 11) is 0. The molecule has 1 heterocycles. The van der Waals surface area contributed by atoms with Crippen molar-refractivity contribution in [2.75, 3.05) is 25.6 Å². The van der Waals surface area contributed by atoms with Gasteiger partial charge in [-0.1, -0.05) is 6.92 Å². The maximum absolute atomic E-state index is 5.70. The van der Waals surface area contributed by atoms with Crippen LogP contribution in [-0.4, -0.2) is 24.8 Å². The fraction of sp³-hybridized carbons (Fsp3) is 0.500. The second kappa shape index (κ2) is 6.63. The van der Waals surface area contributed by atoms with Crippen LogP contribution in [0.1, 0.15) is 13.3 Å². The highest BCUT2D eigenvalue weighted by molar-refractivity contribution is 9.10. The van der Waals surface area contributed by atoms with Crippen LogP contribution in [0, 0.1) is 0 Å². The summed E-state index contributed by atoms with van der Waals surface area (Å²) in [5, 5.41) is 0. The van der Waals surface area contributed by atoms with Gasteiger partial charge in [-0.3, -0.25) is 0 Å². The van der Waals surface area contributed by atoms with Crippen LogP contribution in [0.4, 0.5) is 5.69 Å². The van der Waals surface area contributed by atoms with Crippen LogP contribution in [0.15, 0.2) is 16.7 Å². The number of rotatable bonds is 6. The Bertz CT molecular complexity index is 307. The molecule has 0 amide bonds. The van der Waals surface area contributed by atoms with Crippen molar-refractivity contribution in [3.8, 4) is 5.88 Å². The lowest BCUT2D eigenvalue weighted by Crippen LogP contribution is -2.09. The van der Waals surface area contributed by atoms with Gasteiger partial charge in [-0.2, -0.15) is 0 Å². The fourth-order valence-corrected chi connectivity index (χ4v) is 1.36. The van der Waals surface area contributed by atoms with Crippen molar-refractivity contribution in [3.05, 3.63) is 16.7 Å². The topological polar surface area (TPSA) is 57.4 Å². The molecule has 2 N–H and O–H groups in total. The van der Waals surface area contributed by atoms with Crippen molar-refractivity contribution < 1.29 is 9.47 Å². The second-order valence-corrected chi connectivity index (χ2v) is 3.92. The molecule has 0 spiro atoms. The Morgan fingerprint density at radius 3 is 2.87 bits per heavy atom. The van der Waals surface area contributed by atoms with Crippen LogP contribution in [-0.2, 0) is 4.74 Å². The molecule has 4 nitrogen and oxygen atoms in total. The molecule has 0 atom stereocenters. The summed E-state index contributed by atoms with van der Waals surface area (Å²) in [5.41, 5.74) is 6.23. The number of hydrogen-bond acceptors (Lipinski definition) is 4. The fourth-order valence-electron chi connectivity index (χ4n) is 1.01. The summed E-state index contributed by atoms with van der Waals surface area (Å²) in [5.74, 6) is 0.457. The lowest BCUT2D eigenvalue weighted by molar-refractivity contribution is 0.0993. The number of aromatic nitrogens is 1. The van der Waals surface area contributed by atoms with Crippen LogP contribution in [0.3, 0.4) is 0 Å². The highest BCUT2D eigenvalue weighted by Crippen LogP contribution is 2.21. The minimum atomic E-state index is 0.457. The van der Waals surface area contributed by atoms with Crippen molar-refractivity contribution in [3.63, 3.8) is 0 Å². The first-order chi connectivity index (χ1) is 7.24. The van der Waals surface area contributed by atoms with E-state index in [1.165, 1.54) is 0 Å². The van der Waals surface area contributed by atoms with Gasteiger partial charge in [0.15, 0.2) is 0 Å². The van der Waals surface area contributed by atoms with Crippen LogP contribution >= 0.6 is 15.9 Å². The molecule has 1 aromatic rings. The Kier molecular flexibility index (Phi) is 5.42. The van der Waals surface area contributed by atoms with Gasteiger partial charge in [0.25, 0.3) is 0 Å². The number of halogens is 1. The van der Waals surface area contributed by atoms with Gasteiger partial charge < -0.3 is 15.2 Å². The van der Waals surface area contributed by atoms with Gasteiger partial charge in [-0.25, -0.2) is 4.98 Å². The van der Waals surface area contributed by atoms with Crippen molar-refractivity contribution in [2.45, 2.75) is 13.3 Å². The van der Waals surface area contributed by atoms with E-state index in [0.717, 1.165) is 17.5 Å². The summed E-state index contributed by atoms with van der Waals surface area (Å²) in [6, 6.07) is 1.76. The molecule has 1 rings (SSSR count). The number of hydrogen-bond donors (Lipinski definition) is 1. The molecule has 0 fully saturated rings. The summed E-state index contributed by atoms with van der Waals surface area (Å²) in [6.45, 7) is 3.85. The third-order valence-corrected chi connectivity index (χ3v) is 2.09. The highest BCUT2D eigenvalue weighted by Gasteiger charge is 2.01. The molecule has 5 heteroatoms. The first-order valence-corrected chi connectivity index (χ1v) is 5.65. The molecule has 0 aliphatic carbocycles. The predicted molar refractivity (Wildman–Crippen MR) is 63.0 cm³/mol. The van der Waals surface area contributed by atoms with Gasteiger partial charge in [0.1, 0.15) is 6.61 Å². The lowest BCUT2D eigenvalue weighted by atomic mass is 10.4. The van der Waals surface area contributed by atoms with Crippen molar-refractivity contribution in [2.24, 2.45) is 0 Å². The molecule has 0 saturated heterocycles. The quantitative estimate of drug-likeness (QED) is 0.809. The summed E-state index contributed by atoms with van der Waals surface area (Å²) >= 11 is 3.28. The van der Waals surface area contributed by atoms with Gasteiger partial charge >= 0.3 is 0 Å². The standard InChI is InChI=1S/C10H15BrN2O2/c1-2-3-14-4-5-15-10-9(12)6-8(11)7-13-10/h6-7H,2-5,12H2,1H3. The van der Waals surface area contributed by atoms with Crippen LogP contribution in [0.25, 0.3) is 0 Å². The number of nitrogens with two attached hydrogens (primary N) is 1. The van der Waals surface area contributed by atoms with Gasteiger partial charge in [0.05, 0.1) is 12.3 Å². The average Bonchev–Trinajstić information content (AvgIpc) is 2.20. The van der Waals surface area contributed by atoms with E-state index in [0.29, 0.717) is 24.8 Å². The monoisotopic (exact) mass is 274 g/mol. The van der Waals surface area contributed by atoms with E-state index in [4.69, 9.17) is 15.2 Å². The first-order valence-electron chi connectivity index (χ1n) is 4.85. The van der Waals surface area contributed by atoms with Crippen molar-refractivity contribution in [1.29, 1.82) is 0 Å². The van der Waals surface area contributed by atoms with Gasteiger partial charge in [0.2, 0.25) is 5.88 Å². The zero-order valence-electron chi connectivity index (χ0n) is 8.70. The summed E-state index contributed by atoms with van der Waals surface area (Å²) < 4.78 is 11.5. The smallest absolute Gasteiger partial charge is 0.237 e. The Morgan fingerprint density at radius 2 is 2.20 bits per heavy atom. The van der Waals surface area contributed by atoms with E-state index in [-0.39, 0.29) is 0 Å². The van der Waals surface area contributed by atoms with Crippen LogP contribution < -0.4 is 10.5 Å². The third kappa shape index (κ3) is 4.48. The van der Waals surface area contributed by atoms with Crippen LogP contribution in [0.2, 0.25) is 0 Å². The minimum Gasteiger partial charge on any atom is -0.474 e. The van der Waals surface area contributed by atoms with E-state index in [2.05, 4.69) is 27.8 Å². The summed E-state index contributed by atoms with van der Waals surface area (Å²) in [6.07, 6.45) is 2.66. The zero-order chi connectivity index (χ0) is 11.1. The lowest BCUT2D eigenvalue weighted by Gasteiger charge is -2.07. The number of pyridine rings is 1. The normalized spacial score (nSPS) is 10.3. The van der Waals surface area contributed by atoms with E-state index in [9.17, 15) is 0 Å². The van der Waals surface area contributed by atoms with Gasteiger partial charge in [0, 0.05) is 17.3 Å². The van der Waals surface area contributed by atoms with Crippen molar-refractivity contribution in [1.82, 2.24) is 4.98 Å². The molecule has 0 saturated carbocycles. The van der Waals surface area contributed by atoms with E-state index >= 15 is 0 Å². The molecule has 0 radical (unpaired) electrons. The molecule has 1 aromatic heterocycles. The maximum Gasteiger partial charge on any atom is 0.237 e. The zero-order valence-corrected chi connectivity index (χ0v) is 10.3.